The summed E-state index contributed by atoms with van der Waals surface area (Å²) < 4.78 is 0. The Kier molecular flexibility index (Phi) is 4.28. The van der Waals surface area contributed by atoms with Gasteiger partial charge < -0.3 is 4.90 Å². The van der Waals surface area contributed by atoms with Crippen molar-refractivity contribution in [2.24, 2.45) is 5.92 Å². The summed E-state index contributed by atoms with van der Waals surface area (Å²) in [5.41, 5.74) is 0.0947. The van der Waals surface area contributed by atoms with Gasteiger partial charge in [-0.25, -0.2) is 0 Å². The molecular formula is C14H17ClN2O3. The van der Waals surface area contributed by atoms with E-state index in [2.05, 4.69) is 6.92 Å². The van der Waals surface area contributed by atoms with E-state index in [1.165, 1.54) is 18.2 Å². The second-order valence-electron chi connectivity index (χ2n) is 5.28. The molecule has 1 heterocycles. The molecule has 20 heavy (non-hydrogen) atoms. The maximum Gasteiger partial charge on any atom is 0.270 e. The number of carbonyl (C=O) groups excluding carboxylic acids is 1. The minimum absolute atomic E-state index is 0.115. The summed E-state index contributed by atoms with van der Waals surface area (Å²) in [5, 5.41) is 11.1. The van der Waals surface area contributed by atoms with Crippen LogP contribution in [0.15, 0.2) is 18.2 Å². The molecule has 0 radical (unpaired) electrons. The first-order chi connectivity index (χ1) is 9.41. The van der Waals surface area contributed by atoms with Gasteiger partial charge in [0.1, 0.15) is 0 Å². The molecule has 0 saturated carbocycles. The van der Waals surface area contributed by atoms with Crippen LogP contribution < -0.4 is 0 Å². The van der Waals surface area contributed by atoms with Crippen LogP contribution in [0, 0.1) is 16.0 Å². The highest BCUT2D eigenvalue weighted by Crippen LogP contribution is 2.28. The lowest BCUT2D eigenvalue weighted by atomic mass is 9.91. The molecule has 1 amide bonds. The van der Waals surface area contributed by atoms with Crippen molar-refractivity contribution in [3.05, 3.63) is 38.9 Å². The molecule has 1 aromatic carbocycles. The standard InChI is InChI=1S/C14H17ClN2O3/c1-9-4-3-7-16(10(9)2)14(18)12-8-11(17(19)20)5-6-13(12)15/h5-6,8-10H,3-4,7H2,1-2H3. The number of amides is 1. The number of nitrogens with zero attached hydrogens (tertiary/aromatic N) is 2. The molecule has 1 aromatic rings. The van der Waals surface area contributed by atoms with Crippen LogP contribution in [-0.2, 0) is 0 Å². The highest BCUT2D eigenvalue weighted by Gasteiger charge is 2.30. The largest absolute Gasteiger partial charge is 0.336 e. The lowest BCUT2D eigenvalue weighted by Crippen LogP contribution is -2.46. The average Bonchev–Trinajstić information content (AvgIpc) is 2.41. The van der Waals surface area contributed by atoms with Gasteiger partial charge in [-0.1, -0.05) is 18.5 Å². The van der Waals surface area contributed by atoms with Gasteiger partial charge in [0.15, 0.2) is 0 Å². The van der Waals surface area contributed by atoms with Crippen LogP contribution in [0.5, 0.6) is 0 Å². The van der Waals surface area contributed by atoms with E-state index in [0.717, 1.165) is 12.8 Å². The fraction of sp³-hybridized carbons (Fsp3) is 0.500. The van der Waals surface area contributed by atoms with E-state index in [9.17, 15) is 14.9 Å². The quantitative estimate of drug-likeness (QED) is 0.619. The molecule has 1 aliphatic heterocycles. The van der Waals surface area contributed by atoms with E-state index in [-0.39, 0.29) is 28.2 Å². The number of piperidine rings is 1. The average molecular weight is 297 g/mol. The number of non-ortho nitro benzene ring substituents is 1. The first kappa shape index (κ1) is 14.8. The molecule has 0 aliphatic carbocycles. The van der Waals surface area contributed by atoms with Crippen LogP contribution in [0.1, 0.15) is 37.0 Å². The zero-order valence-corrected chi connectivity index (χ0v) is 12.3. The van der Waals surface area contributed by atoms with Gasteiger partial charge in [-0.2, -0.15) is 0 Å². The Morgan fingerprint density at radius 2 is 2.15 bits per heavy atom. The van der Waals surface area contributed by atoms with E-state index in [1.807, 2.05) is 6.92 Å². The van der Waals surface area contributed by atoms with Gasteiger partial charge in [-0.05, 0) is 31.7 Å². The summed E-state index contributed by atoms with van der Waals surface area (Å²) in [4.78, 5) is 24.6. The Hall–Kier alpha value is -1.62. The number of nitro benzene ring substituents is 1. The van der Waals surface area contributed by atoms with Crippen molar-refractivity contribution in [3.8, 4) is 0 Å². The Morgan fingerprint density at radius 1 is 1.45 bits per heavy atom. The molecule has 5 nitrogen and oxygen atoms in total. The Labute approximate surface area is 122 Å². The number of nitro groups is 1. The first-order valence-corrected chi connectivity index (χ1v) is 7.04. The molecule has 1 fully saturated rings. The van der Waals surface area contributed by atoms with Crippen LogP contribution in [0.3, 0.4) is 0 Å². The molecule has 1 aliphatic rings. The van der Waals surface area contributed by atoms with Gasteiger partial charge in [0.25, 0.3) is 11.6 Å². The lowest BCUT2D eigenvalue weighted by molar-refractivity contribution is -0.384. The van der Waals surface area contributed by atoms with Gasteiger partial charge in [-0.3, -0.25) is 14.9 Å². The predicted octanol–water partition coefficient (Wildman–Crippen LogP) is 3.51. The van der Waals surface area contributed by atoms with Crippen molar-refractivity contribution in [1.29, 1.82) is 0 Å². The topological polar surface area (TPSA) is 63.5 Å². The number of likely N-dealkylation sites (tertiary alicyclic amines) is 1. The molecule has 2 rings (SSSR count). The smallest absolute Gasteiger partial charge is 0.270 e. The summed E-state index contributed by atoms with van der Waals surface area (Å²) in [6.45, 7) is 4.79. The van der Waals surface area contributed by atoms with E-state index in [4.69, 9.17) is 11.6 Å². The van der Waals surface area contributed by atoms with Crippen molar-refractivity contribution in [3.63, 3.8) is 0 Å². The predicted molar refractivity (Wildman–Crippen MR) is 77.0 cm³/mol. The molecule has 2 atom stereocenters. The van der Waals surface area contributed by atoms with E-state index < -0.39 is 4.92 Å². The fourth-order valence-electron chi connectivity index (χ4n) is 2.57. The van der Waals surface area contributed by atoms with Crippen molar-refractivity contribution < 1.29 is 9.72 Å². The molecule has 0 N–H and O–H groups in total. The molecule has 108 valence electrons. The Balaban J connectivity index is 2.33. The fourth-order valence-corrected chi connectivity index (χ4v) is 2.77. The van der Waals surface area contributed by atoms with Gasteiger partial charge >= 0.3 is 0 Å². The minimum atomic E-state index is -0.518. The number of halogens is 1. The van der Waals surface area contributed by atoms with Crippen LogP contribution >= 0.6 is 11.6 Å². The van der Waals surface area contributed by atoms with Crippen molar-refractivity contribution in [1.82, 2.24) is 4.90 Å². The van der Waals surface area contributed by atoms with Gasteiger partial charge in [0, 0.05) is 24.7 Å². The molecule has 6 heteroatoms. The van der Waals surface area contributed by atoms with Crippen molar-refractivity contribution >= 4 is 23.2 Å². The molecule has 0 aromatic heterocycles. The highest BCUT2D eigenvalue weighted by molar-refractivity contribution is 6.33. The Morgan fingerprint density at radius 3 is 2.80 bits per heavy atom. The zero-order chi connectivity index (χ0) is 14.9. The molecule has 2 unspecified atom stereocenters. The second kappa shape index (κ2) is 5.79. The van der Waals surface area contributed by atoms with Crippen LogP contribution in [0.4, 0.5) is 5.69 Å². The number of hydrogen-bond acceptors (Lipinski definition) is 3. The lowest BCUT2D eigenvalue weighted by Gasteiger charge is -2.38. The number of hydrogen-bond donors (Lipinski definition) is 0. The normalized spacial score (nSPS) is 22.6. The van der Waals surface area contributed by atoms with E-state index in [0.29, 0.717) is 12.5 Å². The van der Waals surface area contributed by atoms with Gasteiger partial charge in [-0.15, -0.1) is 0 Å². The summed E-state index contributed by atoms with van der Waals surface area (Å²) in [6, 6.07) is 4.09. The van der Waals surface area contributed by atoms with Gasteiger partial charge in [0.05, 0.1) is 15.5 Å². The number of benzene rings is 1. The van der Waals surface area contributed by atoms with Gasteiger partial charge in [0.2, 0.25) is 0 Å². The maximum atomic E-state index is 12.6. The molecule has 0 bridgehead atoms. The summed E-state index contributed by atoms with van der Waals surface area (Å²) >= 11 is 6.03. The summed E-state index contributed by atoms with van der Waals surface area (Å²) in [6.07, 6.45) is 2.04. The minimum Gasteiger partial charge on any atom is -0.336 e. The molecular weight excluding hydrogens is 280 g/mol. The third-order valence-electron chi connectivity index (χ3n) is 4.03. The summed E-state index contributed by atoms with van der Waals surface area (Å²) in [7, 11) is 0. The second-order valence-corrected chi connectivity index (χ2v) is 5.69. The third-order valence-corrected chi connectivity index (χ3v) is 4.36. The van der Waals surface area contributed by atoms with E-state index in [1.54, 1.807) is 4.90 Å². The monoisotopic (exact) mass is 296 g/mol. The highest BCUT2D eigenvalue weighted by atomic mass is 35.5. The maximum absolute atomic E-state index is 12.6. The zero-order valence-electron chi connectivity index (χ0n) is 11.5. The SMILES string of the molecule is CC1CCCN(C(=O)c2cc([N+](=O)[O-])ccc2Cl)C1C. The van der Waals surface area contributed by atoms with Crippen LogP contribution in [-0.4, -0.2) is 28.3 Å². The molecule has 1 saturated heterocycles. The Bertz CT molecular complexity index is 547. The van der Waals surface area contributed by atoms with E-state index >= 15 is 0 Å². The number of carbonyl (C=O) groups is 1. The number of rotatable bonds is 2. The van der Waals surface area contributed by atoms with Crippen molar-refractivity contribution in [2.75, 3.05) is 6.54 Å². The van der Waals surface area contributed by atoms with Crippen molar-refractivity contribution in [2.45, 2.75) is 32.7 Å². The first-order valence-electron chi connectivity index (χ1n) is 6.66. The summed E-state index contributed by atoms with van der Waals surface area (Å²) in [5.74, 6) is 0.197. The third kappa shape index (κ3) is 2.77. The molecule has 0 spiro atoms. The van der Waals surface area contributed by atoms with Crippen LogP contribution in [0.2, 0.25) is 5.02 Å². The van der Waals surface area contributed by atoms with Crippen LogP contribution in [0.25, 0.3) is 0 Å².